The molecule has 5 rings (SSSR count). The number of aromatic amines is 1. The van der Waals surface area contributed by atoms with Crippen molar-refractivity contribution in [1.29, 1.82) is 0 Å². The smallest absolute Gasteiger partial charge is 0.248 e. The molecule has 33 heavy (non-hydrogen) atoms. The Labute approximate surface area is 190 Å². The van der Waals surface area contributed by atoms with Gasteiger partial charge < -0.3 is 20.4 Å². The van der Waals surface area contributed by atoms with Crippen molar-refractivity contribution in [3.05, 3.63) is 71.9 Å². The molecular weight excluding hydrogens is 418 g/mol. The summed E-state index contributed by atoms with van der Waals surface area (Å²) < 4.78 is 6.25. The summed E-state index contributed by atoms with van der Waals surface area (Å²) in [5.41, 5.74) is 8.96. The zero-order valence-electron chi connectivity index (χ0n) is 18.1. The molecular formula is C25H23N5O3. The lowest BCUT2D eigenvalue weighted by Crippen LogP contribution is -2.28. The zero-order valence-corrected chi connectivity index (χ0v) is 18.1. The van der Waals surface area contributed by atoms with Crippen LogP contribution in [0.2, 0.25) is 0 Å². The molecule has 0 radical (unpaired) electrons. The van der Waals surface area contributed by atoms with Crippen LogP contribution >= 0.6 is 0 Å². The SMILES string of the molecule is CC(=O)N1CCCC1c1cc2[nH]c(-c3ccccn3)nc2cc1Oc1cccc(C(N)=O)c1. The molecule has 166 valence electrons. The predicted octanol–water partition coefficient (Wildman–Crippen LogP) is 4.20. The van der Waals surface area contributed by atoms with Crippen LogP contribution in [-0.4, -0.2) is 38.2 Å². The number of nitrogens with zero attached hydrogens (tertiary/aromatic N) is 3. The lowest BCUT2D eigenvalue weighted by atomic mass is 10.0. The number of primary amides is 1. The van der Waals surface area contributed by atoms with Crippen LogP contribution in [0, 0.1) is 0 Å². The molecule has 2 aromatic heterocycles. The number of hydrogen-bond acceptors (Lipinski definition) is 5. The first kappa shape index (κ1) is 20.7. The summed E-state index contributed by atoms with van der Waals surface area (Å²) in [7, 11) is 0. The molecule has 2 amide bonds. The number of nitrogens with two attached hydrogens (primary N) is 1. The van der Waals surface area contributed by atoms with Gasteiger partial charge in [0.2, 0.25) is 11.8 Å². The number of imidazole rings is 1. The van der Waals surface area contributed by atoms with Gasteiger partial charge >= 0.3 is 0 Å². The van der Waals surface area contributed by atoms with Gasteiger partial charge in [-0.1, -0.05) is 12.1 Å². The van der Waals surface area contributed by atoms with Crippen molar-refractivity contribution in [1.82, 2.24) is 19.9 Å². The maximum Gasteiger partial charge on any atom is 0.248 e. The number of carbonyl (C=O) groups excluding carboxylic acids is 2. The molecule has 2 aromatic carbocycles. The topological polar surface area (TPSA) is 114 Å². The molecule has 0 spiro atoms. The van der Waals surface area contributed by atoms with E-state index in [1.165, 1.54) is 0 Å². The molecule has 1 aliphatic heterocycles. The summed E-state index contributed by atoms with van der Waals surface area (Å²) in [4.78, 5) is 38.2. The average Bonchev–Trinajstić information content (AvgIpc) is 3.46. The van der Waals surface area contributed by atoms with Crippen molar-refractivity contribution >= 4 is 22.8 Å². The normalized spacial score (nSPS) is 15.7. The Hall–Kier alpha value is -4.20. The van der Waals surface area contributed by atoms with Crippen LogP contribution in [0.1, 0.15) is 41.7 Å². The summed E-state index contributed by atoms with van der Waals surface area (Å²) in [5, 5.41) is 0. The number of amides is 2. The van der Waals surface area contributed by atoms with Crippen LogP contribution < -0.4 is 10.5 Å². The number of ether oxygens (including phenoxy) is 1. The molecule has 0 aliphatic carbocycles. The van der Waals surface area contributed by atoms with Crippen molar-refractivity contribution in [3.63, 3.8) is 0 Å². The summed E-state index contributed by atoms with van der Waals surface area (Å²) >= 11 is 0. The number of benzene rings is 2. The van der Waals surface area contributed by atoms with Gasteiger partial charge in [-0.05, 0) is 49.2 Å². The molecule has 3 heterocycles. The van der Waals surface area contributed by atoms with Gasteiger partial charge in [0.05, 0.1) is 17.1 Å². The maximum absolute atomic E-state index is 12.3. The molecule has 0 bridgehead atoms. The number of rotatable bonds is 5. The van der Waals surface area contributed by atoms with E-state index in [9.17, 15) is 9.59 Å². The van der Waals surface area contributed by atoms with Gasteiger partial charge in [0.25, 0.3) is 0 Å². The van der Waals surface area contributed by atoms with Crippen molar-refractivity contribution in [3.8, 4) is 23.0 Å². The molecule has 0 saturated carbocycles. The van der Waals surface area contributed by atoms with Gasteiger partial charge in [0.15, 0.2) is 5.82 Å². The van der Waals surface area contributed by atoms with Gasteiger partial charge in [-0.25, -0.2) is 4.98 Å². The summed E-state index contributed by atoms with van der Waals surface area (Å²) in [6.45, 7) is 2.29. The largest absolute Gasteiger partial charge is 0.457 e. The van der Waals surface area contributed by atoms with E-state index in [4.69, 9.17) is 15.5 Å². The van der Waals surface area contributed by atoms with E-state index in [2.05, 4.69) is 9.97 Å². The quantitative estimate of drug-likeness (QED) is 0.482. The minimum Gasteiger partial charge on any atom is -0.457 e. The molecule has 8 heteroatoms. The Morgan fingerprint density at radius 1 is 1.15 bits per heavy atom. The lowest BCUT2D eigenvalue weighted by molar-refractivity contribution is -0.129. The third-order valence-corrected chi connectivity index (χ3v) is 5.88. The Morgan fingerprint density at radius 2 is 2.03 bits per heavy atom. The Balaban J connectivity index is 1.62. The van der Waals surface area contributed by atoms with Crippen molar-refractivity contribution in [2.45, 2.75) is 25.8 Å². The number of carbonyl (C=O) groups is 2. The third-order valence-electron chi connectivity index (χ3n) is 5.88. The molecule has 1 atom stereocenters. The fourth-order valence-electron chi connectivity index (χ4n) is 4.33. The van der Waals surface area contributed by atoms with Crippen molar-refractivity contribution < 1.29 is 14.3 Å². The molecule has 4 aromatic rings. The molecule has 3 N–H and O–H groups in total. The van der Waals surface area contributed by atoms with Crippen LogP contribution in [0.4, 0.5) is 0 Å². The predicted molar refractivity (Wildman–Crippen MR) is 124 cm³/mol. The van der Waals surface area contributed by atoms with Crippen molar-refractivity contribution in [2.75, 3.05) is 6.54 Å². The molecule has 1 saturated heterocycles. The van der Waals surface area contributed by atoms with E-state index in [1.807, 2.05) is 35.2 Å². The van der Waals surface area contributed by atoms with Gasteiger partial charge in [-0.3, -0.25) is 14.6 Å². The molecule has 1 aliphatic rings. The van der Waals surface area contributed by atoms with Gasteiger partial charge in [0, 0.05) is 36.9 Å². The second kappa shape index (κ2) is 8.38. The first-order valence-electron chi connectivity index (χ1n) is 10.8. The number of hydrogen-bond donors (Lipinski definition) is 2. The van der Waals surface area contributed by atoms with Crippen LogP contribution in [0.3, 0.4) is 0 Å². The monoisotopic (exact) mass is 441 g/mol. The highest BCUT2D eigenvalue weighted by Crippen LogP contribution is 2.41. The highest BCUT2D eigenvalue weighted by molar-refractivity contribution is 5.93. The molecule has 8 nitrogen and oxygen atoms in total. The standard InChI is InChI=1S/C25H23N5O3/c1-15(31)30-11-5-9-22(30)18-13-20-21(29-25(28-20)19-8-2-3-10-27-19)14-23(18)33-17-7-4-6-16(12-17)24(26)32/h2-4,6-8,10,12-14,22H,5,9,11H2,1H3,(H2,26,32)(H,28,29). The van der Waals surface area contributed by atoms with Crippen LogP contribution in [0.25, 0.3) is 22.6 Å². The van der Waals surface area contributed by atoms with E-state index in [-0.39, 0.29) is 11.9 Å². The van der Waals surface area contributed by atoms with E-state index in [0.29, 0.717) is 34.9 Å². The molecule has 1 unspecified atom stereocenters. The number of likely N-dealkylation sites (tertiary alicyclic amines) is 1. The fourth-order valence-corrected chi connectivity index (χ4v) is 4.33. The summed E-state index contributed by atoms with van der Waals surface area (Å²) in [5.74, 6) is 1.22. The van der Waals surface area contributed by atoms with Crippen molar-refractivity contribution in [2.24, 2.45) is 5.73 Å². The lowest BCUT2D eigenvalue weighted by Gasteiger charge is -2.25. The summed E-state index contributed by atoms with van der Waals surface area (Å²) in [6, 6.07) is 16.1. The van der Waals surface area contributed by atoms with Crippen LogP contribution in [0.5, 0.6) is 11.5 Å². The highest BCUT2D eigenvalue weighted by atomic mass is 16.5. The summed E-state index contributed by atoms with van der Waals surface area (Å²) in [6.07, 6.45) is 3.47. The van der Waals surface area contributed by atoms with Gasteiger partial charge in [-0.2, -0.15) is 0 Å². The first-order valence-corrected chi connectivity index (χ1v) is 10.8. The highest BCUT2D eigenvalue weighted by Gasteiger charge is 2.31. The van der Waals surface area contributed by atoms with E-state index >= 15 is 0 Å². The Bertz CT molecular complexity index is 1350. The molecule has 1 fully saturated rings. The fraction of sp³-hybridized carbons (Fsp3) is 0.200. The Morgan fingerprint density at radius 3 is 2.79 bits per heavy atom. The second-order valence-corrected chi connectivity index (χ2v) is 8.07. The maximum atomic E-state index is 12.3. The van der Waals surface area contributed by atoms with Gasteiger partial charge in [0.1, 0.15) is 17.2 Å². The van der Waals surface area contributed by atoms with E-state index in [0.717, 1.165) is 29.6 Å². The number of nitrogens with one attached hydrogen (secondary N) is 1. The number of H-pyrrole nitrogens is 1. The number of pyridine rings is 1. The van der Waals surface area contributed by atoms with Crippen LogP contribution in [-0.2, 0) is 4.79 Å². The number of fused-ring (bicyclic) bond motifs is 1. The average molecular weight is 441 g/mol. The second-order valence-electron chi connectivity index (χ2n) is 8.07. The van der Waals surface area contributed by atoms with Crippen LogP contribution in [0.15, 0.2) is 60.8 Å². The first-order chi connectivity index (χ1) is 16.0. The third kappa shape index (κ3) is 4.03. The van der Waals surface area contributed by atoms with Gasteiger partial charge in [-0.15, -0.1) is 0 Å². The Kier molecular flexibility index (Phi) is 5.26. The minimum absolute atomic E-state index is 0.0260. The zero-order chi connectivity index (χ0) is 22.9. The van der Waals surface area contributed by atoms with E-state index in [1.54, 1.807) is 37.4 Å². The van der Waals surface area contributed by atoms with E-state index < -0.39 is 5.91 Å². The minimum atomic E-state index is -0.526. The number of aromatic nitrogens is 3.